The minimum absolute atomic E-state index is 0.0242. The van der Waals surface area contributed by atoms with Crippen molar-refractivity contribution in [1.82, 2.24) is 9.80 Å². The highest BCUT2D eigenvalue weighted by atomic mass is 16.3. The van der Waals surface area contributed by atoms with E-state index in [0.29, 0.717) is 13.1 Å². The summed E-state index contributed by atoms with van der Waals surface area (Å²) in [4.78, 5) is 28.4. The van der Waals surface area contributed by atoms with Crippen LogP contribution in [0.25, 0.3) is 0 Å². The number of aliphatic hydroxyl groups excluding tert-OH is 1. The van der Waals surface area contributed by atoms with E-state index in [2.05, 4.69) is 0 Å². The number of amides is 2. The zero-order valence-electron chi connectivity index (χ0n) is 12.0. The Bertz CT molecular complexity index is 395. The molecular formula is C15H24N2O3. The molecule has 2 aliphatic heterocycles. The van der Waals surface area contributed by atoms with Gasteiger partial charge in [-0.3, -0.25) is 9.59 Å². The Balaban J connectivity index is 1.56. The van der Waals surface area contributed by atoms with E-state index in [1.807, 2.05) is 9.80 Å². The summed E-state index contributed by atoms with van der Waals surface area (Å²) in [5.41, 5.74) is 0. The van der Waals surface area contributed by atoms with Gasteiger partial charge < -0.3 is 14.9 Å². The molecule has 1 saturated carbocycles. The van der Waals surface area contributed by atoms with Crippen LogP contribution in [0, 0.1) is 17.8 Å². The maximum atomic E-state index is 12.5. The lowest BCUT2D eigenvalue weighted by Crippen LogP contribution is -2.46. The van der Waals surface area contributed by atoms with E-state index in [9.17, 15) is 9.59 Å². The summed E-state index contributed by atoms with van der Waals surface area (Å²) in [6, 6.07) is 0. The zero-order chi connectivity index (χ0) is 14.1. The quantitative estimate of drug-likeness (QED) is 0.818. The molecule has 0 spiro atoms. The van der Waals surface area contributed by atoms with Gasteiger partial charge in [-0.2, -0.15) is 0 Å². The van der Waals surface area contributed by atoms with E-state index < -0.39 is 0 Å². The zero-order valence-corrected chi connectivity index (χ0v) is 12.0. The second-order valence-electron chi connectivity index (χ2n) is 6.52. The van der Waals surface area contributed by atoms with Crippen molar-refractivity contribution in [2.24, 2.45) is 17.8 Å². The molecule has 2 heterocycles. The smallest absolute Gasteiger partial charge is 0.227 e. The van der Waals surface area contributed by atoms with E-state index >= 15 is 0 Å². The minimum Gasteiger partial charge on any atom is -0.396 e. The Hall–Kier alpha value is -1.10. The summed E-state index contributed by atoms with van der Waals surface area (Å²) in [6.07, 6.45) is 4.79. The lowest BCUT2D eigenvalue weighted by atomic mass is 9.96. The van der Waals surface area contributed by atoms with E-state index in [1.54, 1.807) is 0 Å². The van der Waals surface area contributed by atoms with Crippen molar-refractivity contribution < 1.29 is 14.7 Å². The largest absolute Gasteiger partial charge is 0.396 e. The standard InChI is InChI=1S/C15H24N2O3/c18-10-11-5-7-17(8-11)15(20)13-2-1-6-16(9-13)14(19)12-3-4-12/h11-13,18H,1-10H2. The monoisotopic (exact) mass is 280 g/mol. The van der Waals surface area contributed by atoms with Crippen molar-refractivity contribution in [2.45, 2.75) is 32.1 Å². The molecule has 0 aromatic carbocycles. The summed E-state index contributed by atoms with van der Waals surface area (Å²) >= 11 is 0. The topological polar surface area (TPSA) is 60.9 Å². The van der Waals surface area contributed by atoms with Crippen LogP contribution in [0.2, 0.25) is 0 Å². The average molecular weight is 280 g/mol. The number of hydrogen-bond donors (Lipinski definition) is 1. The Morgan fingerprint density at radius 2 is 1.60 bits per heavy atom. The lowest BCUT2D eigenvalue weighted by molar-refractivity contribution is -0.140. The molecule has 5 nitrogen and oxygen atoms in total. The second kappa shape index (κ2) is 5.72. The van der Waals surface area contributed by atoms with Gasteiger partial charge in [-0.25, -0.2) is 0 Å². The van der Waals surface area contributed by atoms with Crippen molar-refractivity contribution in [1.29, 1.82) is 0 Å². The first kappa shape index (κ1) is 13.9. The molecule has 2 amide bonds. The Labute approximate surface area is 119 Å². The van der Waals surface area contributed by atoms with E-state index in [0.717, 1.165) is 45.2 Å². The summed E-state index contributed by atoms with van der Waals surface area (Å²) in [7, 11) is 0. The third-order valence-corrected chi connectivity index (χ3v) is 4.86. The molecule has 1 aliphatic carbocycles. The predicted octanol–water partition coefficient (Wildman–Crippen LogP) is 0.476. The minimum atomic E-state index is -0.0242. The van der Waals surface area contributed by atoms with Crippen molar-refractivity contribution in [3.8, 4) is 0 Å². The molecule has 3 aliphatic rings. The van der Waals surface area contributed by atoms with Gasteiger partial charge in [-0.05, 0) is 32.1 Å². The molecule has 112 valence electrons. The van der Waals surface area contributed by atoms with Crippen LogP contribution >= 0.6 is 0 Å². The third-order valence-electron chi connectivity index (χ3n) is 4.86. The summed E-state index contributed by atoms with van der Waals surface area (Å²) in [5.74, 6) is 0.913. The maximum Gasteiger partial charge on any atom is 0.227 e. The fourth-order valence-corrected chi connectivity index (χ4v) is 3.41. The molecule has 3 fully saturated rings. The molecule has 2 saturated heterocycles. The summed E-state index contributed by atoms with van der Waals surface area (Å²) in [5, 5.41) is 9.17. The average Bonchev–Trinajstić information content (AvgIpc) is 3.23. The Morgan fingerprint density at radius 3 is 2.25 bits per heavy atom. The van der Waals surface area contributed by atoms with Gasteiger partial charge in [0.1, 0.15) is 0 Å². The lowest BCUT2D eigenvalue weighted by Gasteiger charge is -2.34. The summed E-state index contributed by atoms with van der Waals surface area (Å²) in [6.45, 7) is 3.03. The highest BCUT2D eigenvalue weighted by molar-refractivity contribution is 5.83. The molecule has 3 rings (SSSR count). The van der Waals surface area contributed by atoms with Crippen LogP contribution < -0.4 is 0 Å². The van der Waals surface area contributed by atoms with Crippen molar-refractivity contribution >= 4 is 11.8 Å². The van der Waals surface area contributed by atoms with E-state index in [1.165, 1.54) is 0 Å². The first-order valence-corrected chi connectivity index (χ1v) is 7.87. The fourth-order valence-electron chi connectivity index (χ4n) is 3.41. The van der Waals surface area contributed by atoms with Gasteiger partial charge in [0, 0.05) is 44.6 Å². The first-order chi connectivity index (χ1) is 9.69. The number of piperidine rings is 1. The molecule has 5 heteroatoms. The van der Waals surface area contributed by atoms with E-state index in [-0.39, 0.29) is 36.2 Å². The first-order valence-electron chi connectivity index (χ1n) is 7.87. The predicted molar refractivity (Wildman–Crippen MR) is 73.8 cm³/mol. The molecule has 2 atom stereocenters. The van der Waals surface area contributed by atoms with Gasteiger partial charge in [-0.15, -0.1) is 0 Å². The number of hydrogen-bond acceptors (Lipinski definition) is 3. The number of aliphatic hydroxyl groups is 1. The number of likely N-dealkylation sites (tertiary alicyclic amines) is 2. The van der Waals surface area contributed by atoms with Gasteiger partial charge in [0.05, 0.1) is 5.92 Å². The van der Waals surface area contributed by atoms with Crippen LogP contribution in [0.1, 0.15) is 32.1 Å². The molecule has 20 heavy (non-hydrogen) atoms. The van der Waals surface area contributed by atoms with Gasteiger partial charge >= 0.3 is 0 Å². The third kappa shape index (κ3) is 2.82. The number of carbonyl (C=O) groups is 2. The van der Waals surface area contributed by atoms with Gasteiger partial charge in [0.25, 0.3) is 0 Å². The van der Waals surface area contributed by atoms with Crippen molar-refractivity contribution in [3.05, 3.63) is 0 Å². The SMILES string of the molecule is O=C(C1CCCN(C(=O)C2CC2)C1)N1CCC(CO)C1. The van der Waals surface area contributed by atoms with Crippen LogP contribution in [-0.4, -0.2) is 59.5 Å². The van der Waals surface area contributed by atoms with Crippen molar-refractivity contribution in [3.63, 3.8) is 0 Å². The van der Waals surface area contributed by atoms with Gasteiger partial charge in [0.15, 0.2) is 0 Å². The molecule has 2 unspecified atom stereocenters. The van der Waals surface area contributed by atoms with Crippen LogP contribution in [0.4, 0.5) is 0 Å². The Kier molecular flexibility index (Phi) is 3.96. The van der Waals surface area contributed by atoms with Crippen LogP contribution in [0.5, 0.6) is 0 Å². The van der Waals surface area contributed by atoms with Gasteiger partial charge in [0.2, 0.25) is 11.8 Å². The Morgan fingerprint density at radius 1 is 0.900 bits per heavy atom. The highest BCUT2D eigenvalue weighted by Crippen LogP contribution is 2.33. The molecule has 0 radical (unpaired) electrons. The molecule has 0 bridgehead atoms. The molecule has 0 aromatic heterocycles. The van der Waals surface area contributed by atoms with Crippen molar-refractivity contribution in [2.75, 3.05) is 32.8 Å². The molecule has 0 aromatic rings. The van der Waals surface area contributed by atoms with Crippen LogP contribution in [0.15, 0.2) is 0 Å². The fraction of sp³-hybridized carbons (Fsp3) is 0.867. The van der Waals surface area contributed by atoms with Crippen LogP contribution in [-0.2, 0) is 9.59 Å². The maximum absolute atomic E-state index is 12.5. The normalized spacial score (nSPS) is 30.6. The number of carbonyl (C=O) groups excluding carboxylic acids is 2. The summed E-state index contributed by atoms with van der Waals surface area (Å²) < 4.78 is 0. The highest BCUT2D eigenvalue weighted by Gasteiger charge is 2.38. The molecular weight excluding hydrogens is 256 g/mol. The van der Waals surface area contributed by atoms with Crippen LogP contribution in [0.3, 0.4) is 0 Å². The second-order valence-corrected chi connectivity index (χ2v) is 6.52. The number of rotatable bonds is 3. The number of nitrogens with zero attached hydrogens (tertiary/aromatic N) is 2. The molecule has 1 N–H and O–H groups in total. The van der Waals surface area contributed by atoms with E-state index in [4.69, 9.17) is 5.11 Å². The van der Waals surface area contributed by atoms with Gasteiger partial charge in [-0.1, -0.05) is 0 Å².